The van der Waals surface area contributed by atoms with Crippen molar-refractivity contribution in [3.05, 3.63) is 0 Å². The van der Waals surface area contributed by atoms with E-state index in [9.17, 15) is 4.79 Å². The molecule has 3 aliphatic carbocycles. The van der Waals surface area contributed by atoms with Crippen LogP contribution in [0.2, 0.25) is 0 Å². The van der Waals surface area contributed by atoms with Crippen LogP contribution in [0.5, 0.6) is 0 Å². The molecule has 3 saturated carbocycles. The molecule has 0 aromatic rings. The van der Waals surface area contributed by atoms with Gasteiger partial charge in [-0.25, -0.2) is 0 Å². The third-order valence-electron chi connectivity index (χ3n) is 9.31. The summed E-state index contributed by atoms with van der Waals surface area (Å²) in [5, 5.41) is 0. The Labute approximate surface area is 203 Å². The first kappa shape index (κ1) is 31.5. The Kier molecular flexibility index (Phi) is 11.5. The molecule has 2 bridgehead atoms. The maximum Gasteiger partial charge on any atom is 0.308 e. The summed E-state index contributed by atoms with van der Waals surface area (Å²) in [4.78, 5) is 12.2. The maximum absolute atomic E-state index is 12.2. The summed E-state index contributed by atoms with van der Waals surface area (Å²) in [5.74, 6) is 2.94. The van der Waals surface area contributed by atoms with Gasteiger partial charge in [0, 0.05) is 5.92 Å². The quantitative estimate of drug-likeness (QED) is 0.390. The van der Waals surface area contributed by atoms with Crippen molar-refractivity contribution in [3.8, 4) is 0 Å². The summed E-state index contributed by atoms with van der Waals surface area (Å²) >= 11 is 0. The number of esters is 1. The fraction of sp³-hybridized carbons (Fsp3) is 0.967. The zero-order valence-electron chi connectivity index (χ0n) is 24.7. The predicted octanol–water partition coefficient (Wildman–Crippen LogP) is 9.56. The molecular formula is C30H60O2. The summed E-state index contributed by atoms with van der Waals surface area (Å²) in [6.45, 7) is 32.7. The van der Waals surface area contributed by atoms with E-state index >= 15 is 0 Å². The van der Waals surface area contributed by atoms with Crippen molar-refractivity contribution >= 4 is 5.97 Å². The van der Waals surface area contributed by atoms with Crippen molar-refractivity contribution in [2.45, 2.75) is 142 Å². The standard InChI is InChI=1S/C19H32O2.C7H16.2C2H6/c1-12(2)16(20)21-18(6)9-10-19-11-15(18)17(4,5)14(19)8-7-13(19)3;1-6(2)7(3,4)5;2*1-2/h12-15H,7-11H2,1-6H3;6H,1-5H3;2*1-2H3. The van der Waals surface area contributed by atoms with Gasteiger partial charge in [0.1, 0.15) is 5.60 Å². The molecule has 5 unspecified atom stereocenters. The molecule has 0 radical (unpaired) electrons. The van der Waals surface area contributed by atoms with E-state index in [0.29, 0.717) is 22.2 Å². The van der Waals surface area contributed by atoms with E-state index in [-0.39, 0.29) is 17.5 Å². The average molecular weight is 453 g/mol. The van der Waals surface area contributed by atoms with Crippen LogP contribution in [-0.4, -0.2) is 11.6 Å². The van der Waals surface area contributed by atoms with Crippen LogP contribution in [-0.2, 0) is 9.53 Å². The van der Waals surface area contributed by atoms with Gasteiger partial charge in [0.25, 0.3) is 0 Å². The van der Waals surface area contributed by atoms with E-state index in [1.807, 2.05) is 41.5 Å². The summed E-state index contributed by atoms with van der Waals surface area (Å²) < 4.78 is 6.06. The normalized spacial score (nSPS) is 34.3. The van der Waals surface area contributed by atoms with Crippen LogP contribution in [0.1, 0.15) is 136 Å². The van der Waals surface area contributed by atoms with Gasteiger partial charge in [-0.15, -0.1) is 0 Å². The molecule has 0 heterocycles. The molecule has 0 aromatic heterocycles. The van der Waals surface area contributed by atoms with E-state index in [1.165, 1.54) is 25.7 Å². The van der Waals surface area contributed by atoms with Gasteiger partial charge in [0.15, 0.2) is 0 Å². The van der Waals surface area contributed by atoms with Crippen molar-refractivity contribution in [1.82, 2.24) is 0 Å². The summed E-state index contributed by atoms with van der Waals surface area (Å²) in [6.07, 6.45) is 6.34. The monoisotopic (exact) mass is 452 g/mol. The zero-order valence-corrected chi connectivity index (χ0v) is 24.7. The number of rotatable bonds is 2. The number of ether oxygens (including phenoxy) is 1. The maximum atomic E-state index is 12.2. The van der Waals surface area contributed by atoms with Crippen LogP contribution < -0.4 is 0 Å². The minimum absolute atomic E-state index is 0.0191. The largest absolute Gasteiger partial charge is 0.459 e. The number of hydrogen-bond donors (Lipinski definition) is 0. The van der Waals surface area contributed by atoms with E-state index in [1.54, 1.807) is 0 Å². The topological polar surface area (TPSA) is 26.3 Å². The SMILES string of the molecule is CC.CC.CC(C)C(=O)OC1(C)CCC23CC1C(C)(C)C2CCC3C.CC(C)C(C)(C)C. The first-order chi connectivity index (χ1) is 14.6. The molecule has 0 amide bonds. The first-order valence-electron chi connectivity index (χ1n) is 13.8. The Hall–Kier alpha value is -0.530. The lowest BCUT2D eigenvalue weighted by atomic mass is 9.64. The minimum atomic E-state index is -0.250. The highest BCUT2D eigenvalue weighted by atomic mass is 16.6. The van der Waals surface area contributed by atoms with Crippen molar-refractivity contribution < 1.29 is 9.53 Å². The smallest absolute Gasteiger partial charge is 0.308 e. The Morgan fingerprint density at radius 3 is 1.75 bits per heavy atom. The minimum Gasteiger partial charge on any atom is -0.459 e. The van der Waals surface area contributed by atoms with Gasteiger partial charge in [-0.05, 0) is 73.0 Å². The second-order valence-electron chi connectivity index (χ2n) is 12.8. The van der Waals surface area contributed by atoms with Crippen LogP contribution in [0.15, 0.2) is 0 Å². The molecule has 5 atom stereocenters. The van der Waals surface area contributed by atoms with E-state index in [2.05, 4.69) is 62.3 Å². The lowest BCUT2D eigenvalue weighted by Gasteiger charge is -2.46. The van der Waals surface area contributed by atoms with Gasteiger partial charge in [0.2, 0.25) is 0 Å². The van der Waals surface area contributed by atoms with Crippen LogP contribution in [0.25, 0.3) is 0 Å². The molecule has 192 valence electrons. The Morgan fingerprint density at radius 1 is 0.875 bits per heavy atom. The Morgan fingerprint density at radius 2 is 1.34 bits per heavy atom. The third-order valence-corrected chi connectivity index (χ3v) is 9.31. The van der Waals surface area contributed by atoms with Crippen molar-refractivity contribution in [3.63, 3.8) is 0 Å². The second kappa shape index (κ2) is 11.7. The number of carbonyl (C=O) groups is 1. The molecule has 1 spiro atoms. The van der Waals surface area contributed by atoms with Crippen molar-refractivity contribution in [1.29, 1.82) is 0 Å². The number of fused-ring (bicyclic) bond motifs is 1. The summed E-state index contributed by atoms with van der Waals surface area (Å²) in [7, 11) is 0. The highest BCUT2D eigenvalue weighted by molar-refractivity contribution is 5.72. The van der Waals surface area contributed by atoms with E-state index in [4.69, 9.17) is 4.74 Å². The Balaban J connectivity index is 0.000000743. The molecule has 3 aliphatic rings. The second-order valence-corrected chi connectivity index (χ2v) is 12.8. The van der Waals surface area contributed by atoms with Crippen molar-refractivity contribution in [2.24, 2.45) is 45.8 Å². The lowest BCUT2D eigenvalue weighted by Crippen LogP contribution is -2.48. The molecule has 0 aliphatic heterocycles. The molecule has 0 saturated heterocycles. The zero-order chi connectivity index (χ0) is 25.7. The molecule has 0 N–H and O–H groups in total. The lowest BCUT2D eigenvalue weighted by molar-refractivity contribution is -0.177. The van der Waals surface area contributed by atoms with Crippen LogP contribution in [0.4, 0.5) is 0 Å². The summed E-state index contributed by atoms with van der Waals surface area (Å²) in [5.41, 5.74) is 1.09. The number of hydrogen-bond acceptors (Lipinski definition) is 2. The van der Waals surface area contributed by atoms with E-state index < -0.39 is 0 Å². The van der Waals surface area contributed by atoms with Crippen LogP contribution in [0.3, 0.4) is 0 Å². The van der Waals surface area contributed by atoms with Crippen molar-refractivity contribution in [2.75, 3.05) is 0 Å². The van der Waals surface area contributed by atoms with Gasteiger partial charge in [-0.2, -0.15) is 0 Å². The first-order valence-corrected chi connectivity index (χ1v) is 13.8. The van der Waals surface area contributed by atoms with Gasteiger partial charge >= 0.3 is 5.97 Å². The molecule has 2 heteroatoms. The number of carbonyl (C=O) groups excluding carboxylic acids is 1. The Bertz CT molecular complexity index is 568. The molecule has 32 heavy (non-hydrogen) atoms. The van der Waals surface area contributed by atoms with Gasteiger partial charge in [-0.3, -0.25) is 4.79 Å². The molecule has 0 aromatic carbocycles. The third kappa shape index (κ3) is 6.32. The molecule has 3 rings (SSSR count). The van der Waals surface area contributed by atoms with E-state index in [0.717, 1.165) is 24.2 Å². The molecule has 3 fully saturated rings. The fourth-order valence-corrected chi connectivity index (χ4v) is 6.33. The van der Waals surface area contributed by atoms with Crippen LogP contribution >= 0.6 is 0 Å². The molecular weight excluding hydrogens is 392 g/mol. The fourth-order valence-electron chi connectivity index (χ4n) is 6.33. The highest BCUT2D eigenvalue weighted by Gasteiger charge is 2.68. The average Bonchev–Trinajstić information content (AvgIpc) is 3.13. The summed E-state index contributed by atoms with van der Waals surface area (Å²) in [6, 6.07) is 0. The molecule has 2 nitrogen and oxygen atoms in total. The van der Waals surface area contributed by atoms with Gasteiger partial charge in [0.05, 0.1) is 5.92 Å². The predicted molar refractivity (Wildman–Crippen MR) is 142 cm³/mol. The van der Waals surface area contributed by atoms with Crippen LogP contribution in [0, 0.1) is 45.8 Å². The van der Waals surface area contributed by atoms with Gasteiger partial charge < -0.3 is 4.74 Å². The highest BCUT2D eigenvalue weighted by Crippen LogP contribution is 2.73. The van der Waals surface area contributed by atoms with Gasteiger partial charge in [-0.1, -0.05) is 96.9 Å².